The fourth-order valence-corrected chi connectivity index (χ4v) is 1.13. The molecule has 0 aliphatic heterocycles. The molecule has 2 nitrogen and oxygen atoms in total. The summed E-state index contributed by atoms with van der Waals surface area (Å²) in [4.78, 5) is 21.3. The molecular formula is C10H6ClF3O2. The Morgan fingerprint density at radius 3 is 2.00 bits per heavy atom. The molecule has 1 aromatic carbocycles. The summed E-state index contributed by atoms with van der Waals surface area (Å²) in [7, 11) is 0. The van der Waals surface area contributed by atoms with Crippen LogP contribution in [0.5, 0.6) is 0 Å². The van der Waals surface area contributed by atoms with Gasteiger partial charge in [-0.3, -0.25) is 9.59 Å². The molecule has 0 aliphatic rings. The Bertz CT molecular complexity index is 409. The van der Waals surface area contributed by atoms with E-state index in [9.17, 15) is 22.8 Å². The fourth-order valence-electron chi connectivity index (χ4n) is 1.07. The lowest BCUT2D eigenvalue weighted by Crippen LogP contribution is -2.10. The van der Waals surface area contributed by atoms with Crippen molar-refractivity contribution >= 4 is 22.6 Å². The number of carbonyl (C=O) groups excluding carboxylic acids is 2. The maximum absolute atomic E-state index is 12.2. The van der Waals surface area contributed by atoms with E-state index in [-0.39, 0.29) is 6.42 Å². The molecule has 0 saturated heterocycles. The van der Waals surface area contributed by atoms with Crippen LogP contribution in [0, 0.1) is 0 Å². The summed E-state index contributed by atoms with van der Waals surface area (Å²) in [6, 6.07) is 3.98. The van der Waals surface area contributed by atoms with E-state index in [0.717, 1.165) is 24.3 Å². The molecule has 0 radical (unpaired) electrons. The first-order valence-corrected chi connectivity index (χ1v) is 4.57. The van der Waals surface area contributed by atoms with E-state index >= 15 is 0 Å². The Balaban J connectivity index is 2.80. The molecule has 0 fully saturated rings. The molecule has 0 amide bonds. The largest absolute Gasteiger partial charge is 0.416 e. The van der Waals surface area contributed by atoms with Crippen LogP contribution in [0.1, 0.15) is 11.1 Å². The highest BCUT2D eigenvalue weighted by atomic mass is 35.5. The van der Waals surface area contributed by atoms with Gasteiger partial charge in [-0.1, -0.05) is 12.1 Å². The lowest BCUT2D eigenvalue weighted by Gasteiger charge is -2.06. The Labute approximate surface area is 94.0 Å². The summed E-state index contributed by atoms with van der Waals surface area (Å²) < 4.78 is 36.5. The highest BCUT2D eigenvalue weighted by Gasteiger charge is 2.30. The number of alkyl halides is 3. The molecule has 1 aromatic rings. The molecule has 0 aliphatic carbocycles. The van der Waals surface area contributed by atoms with Crippen LogP contribution >= 0.6 is 11.6 Å². The van der Waals surface area contributed by atoms with E-state index in [1.54, 1.807) is 0 Å². The number of ketones is 1. The van der Waals surface area contributed by atoms with Crippen molar-refractivity contribution in [1.82, 2.24) is 0 Å². The molecule has 0 heterocycles. The SMILES string of the molecule is O=C(Cl)C(=O)Cc1ccc(C(F)(F)F)cc1. The number of Topliss-reactive ketones (excluding diaryl/α,β-unsaturated/α-hetero) is 1. The minimum Gasteiger partial charge on any atom is -0.289 e. The molecule has 0 saturated carbocycles. The van der Waals surface area contributed by atoms with Gasteiger partial charge in [0.1, 0.15) is 0 Å². The van der Waals surface area contributed by atoms with E-state index < -0.39 is 22.8 Å². The van der Waals surface area contributed by atoms with Gasteiger partial charge in [-0.05, 0) is 29.3 Å². The van der Waals surface area contributed by atoms with Crippen LogP contribution in [0.4, 0.5) is 13.2 Å². The maximum atomic E-state index is 12.2. The number of rotatable bonds is 3. The van der Waals surface area contributed by atoms with E-state index in [4.69, 9.17) is 11.6 Å². The van der Waals surface area contributed by atoms with Gasteiger partial charge in [0, 0.05) is 6.42 Å². The molecular weight excluding hydrogens is 245 g/mol. The summed E-state index contributed by atoms with van der Waals surface area (Å²) in [6.45, 7) is 0. The normalized spacial score (nSPS) is 11.2. The number of carbonyl (C=O) groups is 2. The van der Waals surface area contributed by atoms with Crippen LogP contribution in [-0.2, 0) is 22.2 Å². The van der Waals surface area contributed by atoms with Crippen LogP contribution < -0.4 is 0 Å². The van der Waals surface area contributed by atoms with Crippen molar-refractivity contribution in [2.75, 3.05) is 0 Å². The number of hydrogen-bond acceptors (Lipinski definition) is 2. The van der Waals surface area contributed by atoms with Gasteiger partial charge in [0.25, 0.3) is 5.24 Å². The van der Waals surface area contributed by atoms with Gasteiger partial charge in [-0.2, -0.15) is 13.2 Å². The third-order valence-corrected chi connectivity index (χ3v) is 2.08. The monoisotopic (exact) mass is 250 g/mol. The Morgan fingerprint density at radius 2 is 1.62 bits per heavy atom. The molecule has 0 N–H and O–H groups in total. The third-order valence-electron chi connectivity index (χ3n) is 1.87. The molecule has 1 rings (SSSR count). The first-order chi connectivity index (χ1) is 7.30. The summed E-state index contributed by atoms with van der Waals surface area (Å²) in [6.07, 6.45) is -4.70. The number of halogens is 4. The van der Waals surface area contributed by atoms with Crippen LogP contribution in [0.25, 0.3) is 0 Å². The molecule has 86 valence electrons. The van der Waals surface area contributed by atoms with E-state index in [0.29, 0.717) is 5.56 Å². The molecule has 16 heavy (non-hydrogen) atoms. The molecule has 0 unspecified atom stereocenters. The molecule has 0 atom stereocenters. The van der Waals surface area contributed by atoms with Gasteiger partial charge < -0.3 is 0 Å². The van der Waals surface area contributed by atoms with Gasteiger partial charge in [0.15, 0.2) is 0 Å². The van der Waals surface area contributed by atoms with E-state index in [2.05, 4.69) is 0 Å². The molecule has 0 spiro atoms. The predicted molar refractivity (Wildman–Crippen MR) is 51.0 cm³/mol. The second kappa shape index (κ2) is 4.65. The van der Waals surface area contributed by atoms with Crippen molar-refractivity contribution in [3.05, 3.63) is 35.4 Å². The lowest BCUT2D eigenvalue weighted by atomic mass is 10.1. The zero-order valence-electron chi connectivity index (χ0n) is 7.84. The average Bonchev–Trinajstić information content (AvgIpc) is 2.17. The molecule has 0 bridgehead atoms. The lowest BCUT2D eigenvalue weighted by molar-refractivity contribution is -0.137. The van der Waals surface area contributed by atoms with Crippen molar-refractivity contribution in [3.8, 4) is 0 Å². The Hall–Kier alpha value is -1.36. The summed E-state index contributed by atoms with van der Waals surface area (Å²) in [5, 5.41) is -1.13. The first-order valence-electron chi connectivity index (χ1n) is 4.19. The average molecular weight is 251 g/mol. The van der Waals surface area contributed by atoms with Gasteiger partial charge >= 0.3 is 6.18 Å². The van der Waals surface area contributed by atoms with Gasteiger partial charge in [0.05, 0.1) is 5.56 Å². The van der Waals surface area contributed by atoms with Crippen molar-refractivity contribution in [1.29, 1.82) is 0 Å². The zero-order valence-corrected chi connectivity index (χ0v) is 8.60. The summed E-state index contributed by atoms with van der Waals surface area (Å²) in [5.41, 5.74) is -0.493. The predicted octanol–water partition coefficient (Wildman–Crippen LogP) is 2.58. The van der Waals surface area contributed by atoms with Gasteiger partial charge in [-0.25, -0.2) is 0 Å². The fraction of sp³-hybridized carbons (Fsp3) is 0.200. The topological polar surface area (TPSA) is 34.1 Å². The Kier molecular flexibility index (Phi) is 3.70. The number of benzene rings is 1. The van der Waals surface area contributed by atoms with Crippen molar-refractivity contribution in [2.24, 2.45) is 0 Å². The second-order valence-electron chi connectivity index (χ2n) is 3.07. The summed E-state index contributed by atoms with van der Waals surface area (Å²) >= 11 is 4.91. The van der Waals surface area contributed by atoms with E-state index in [1.165, 1.54) is 0 Å². The molecule has 6 heteroatoms. The molecule has 0 aromatic heterocycles. The van der Waals surface area contributed by atoms with Crippen molar-refractivity contribution in [2.45, 2.75) is 12.6 Å². The van der Waals surface area contributed by atoms with Crippen LogP contribution in [0.3, 0.4) is 0 Å². The minimum absolute atomic E-state index is 0.291. The van der Waals surface area contributed by atoms with Crippen molar-refractivity contribution < 1.29 is 22.8 Å². The minimum atomic E-state index is -4.41. The van der Waals surface area contributed by atoms with Crippen LogP contribution in [0.2, 0.25) is 0 Å². The van der Waals surface area contributed by atoms with Crippen LogP contribution in [0.15, 0.2) is 24.3 Å². The highest BCUT2D eigenvalue weighted by Crippen LogP contribution is 2.29. The quantitative estimate of drug-likeness (QED) is 0.610. The van der Waals surface area contributed by atoms with Gasteiger partial charge in [0.2, 0.25) is 5.78 Å². The Morgan fingerprint density at radius 1 is 1.12 bits per heavy atom. The van der Waals surface area contributed by atoms with Gasteiger partial charge in [-0.15, -0.1) is 0 Å². The first kappa shape index (κ1) is 12.7. The summed E-state index contributed by atoms with van der Waals surface area (Å²) in [5.74, 6) is -0.846. The smallest absolute Gasteiger partial charge is 0.289 e. The maximum Gasteiger partial charge on any atom is 0.416 e. The van der Waals surface area contributed by atoms with Crippen molar-refractivity contribution in [3.63, 3.8) is 0 Å². The van der Waals surface area contributed by atoms with Crippen LogP contribution in [-0.4, -0.2) is 11.0 Å². The third kappa shape index (κ3) is 3.34. The zero-order chi connectivity index (χ0) is 12.3. The standard InChI is InChI=1S/C10H6ClF3O2/c11-9(16)8(15)5-6-1-3-7(4-2-6)10(12,13)14/h1-4H,5H2. The second-order valence-corrected chi connectivity index (χ2v) is 3.41. The van der Waals surface area contributed by atoms with E-state index in [1.807, 2.05) is 0 Å². The number of hydrogen-bond donors (Lipinski definition) is 0. The highest BCUT2D eigenvalue weighted by molar-refractivity contribution is 6.81.